The first kappa shape index (κ1) is 28.4. The highest BCUT2D eigenvalue weighted by molar-refractivity contribution is 5.96. The van der Waals surface area contributed by atoms with E-state index in [-0.39, 0.29) is 25.5 Å². The normalized spacial score (nSPS) is 18.1. The summed E-state index contributed by atoms with van der Waals surface area (Å²) in [5.41, 5.74) is 5.36. The Balaban J connectivity index is 0.00000387. The molecule has 0 aromatic heterocycles. The van der Waals surface area contributed by atoms with Crippen molar-refractivity contribution in [2.45, 2.75) is 70.6 Å². The van der Waals surface area contributed by atoms with Crippen LogP contribution in [0.15, 0.2) is 66.4 Å². The molecule has 0 bridgehead atoms. The minimum Gasteiger partial charge on any atom is -0.493 e. The van der Waals surface area contributed by atoms with Gasteiger partial charge >= 0.3 is 0 Å². The average molecular weight is 546 g/mol. The van der Waals surface area contributed by atoms with Gasteiger partial charge in [0.25, 0.3) is 0 Å². The summed E-state index contributed by atoms with van der Waals surface area (Å²) in [6, 6.07) is 14.0. The van der Waals surface area contributed by atoms with Crippen LogP contribution in [0.25, 0.3) is 0 Å². The number of hydrogen-bond donors (Lipinski definition) is 1. The van der Waals surface area contributed by atoms with Crippen molar-refractivity contribution < 1.29 is 20.4 Å². The SMILES string of the molecule is C=C(CCCC(=O)c1ccc(OC(C)C)cc1)N[C@H](CN1CCCC1)[C@H](OC)c1ccc2c(c1)OCCC1=C[C]12.[HH]. The fraction of sp³-hybridized carbons (Fsp3) is 0.471. The molecule has 1 saturated heterocycles. The summed E-state index contributed by atoms with van der Waals surface area (Å²) in [5, 5.41) is 3.70. The van der Waals surface area contributed by atoms with Crippen LogP contribution < -0.4 is 14.8 Å². The molecule has 0 amide bonds. The molecule has 0 unspecified atom stereocenters. The van der Waals surface area contributed by atoms with Crippen molar-refractivity contribution in [3.05, 3.63) is 89.0 Å². The van der Waals surface area contributed by atoms with Gasteiger partial charge in [-0.1, -0.05) is 30.4 Å². The molecule has 6 heteroatoms. The van der Waals surface area contributed by atoms with Crippen LogP contribution in [0.4, 0.5) is 0 Å². The summed E-state index contributed by atoms with van der Waals surface area (Å²) >= 11 is 0. The highest BCUT2D eigenvalue weighted by Crippen LogP contribution is 2.47. The highest BCUT2D eigenvalue weighted by atomic mass is 16.5. The number of hydrogen-bond acceptors (Lipinski definition) is 6. The van der Waals surface area contributed by atoms with Gasteiger partial charge in [0.05, 0.1) is 24.7 Å². The van der Waals surface area contributed by atoms with Crippen molar-refractivity contribution in [1.29, 1.82) is 0 Å². The number of nitrogens with zero attached hydrogens (tertiary/aromatic N) is 1. The topological polar surface area (TPSA) is 60.0 Å². The van der Waals surface area contributed by atoms with Crippen LogP contribution in [0.5, 0.6) is 11.5 Å². The fourth-order valence-electron chi connectivity index (χ4n) is 5.85. The maximum Gasteiger partial charge on any atom is 0.162 e. The van der Waals surface area contributed by atoms with E-state index in [0.29, 0.717) is 13.0 Å². The minimum atomic E-state index is -0.153. The van der Waals surface area contributed by atoms with Gasteiger partial charge in [-0.25, -0.2) is 0 Å². The van der Waals surface area contributed by atoms with E-state index >= 15 is 0 Å². The van der Waals surface area contributed by atoms with E-state index in [0.717, 1.165) is 67.2 Å². The van der Waals surface area contributed by atoms with Gasteiger partial charge in [-0.15, -0.1) is 0 Å². The zero-order valence-corrected chi connectivity index (χ0v) is 24.2. The Bertz CT molecular complexity index is 1220. The summed E-state index contributed by atoms with van der Waals surface area (Å²) in [6.45, 7) is 12.1. The molecule has 1 N–H and O–H groups in total. The summed E-state index contributed by atoms with van der Waals surface area (Å²) in [7, 11) is 1.78. The molecule has 3 aliphatic rings. The highest BCUT2D eigenvalue weighted by Gasteiger charge is 2.34. The van der Waals surface area contributed by atoms with Crippen molar-refractivity contribution in [3.63, 3.8) is 0 Å². The van der Waals surface area contributed by atoms with E-state index in [1.807, 2.05) is 38.1 Å². The third kappa shape index (κ3) is 7.15. The maximum atomic E-state index is 12.8. The zero-order valence-electron chi connectivity index (χ0n) is 24.2. The van der Waals surface area contributed by atoms with Crippen LogP contribution >= 0.6 is 0 Å². The molecule has 0 spiro atoms. The van der Waals surface area contributed by atoms with E-state index in [9.17, 15) is 4.79 Å². The number of carbonyl (C=O) groups is 1. The molecule has 40 heavy (non-hydrogen) atoms. The van der Waals surface area contributed by atoms with Gasteiger partial charge in [0, 0.05) is 44.7 Å². The fourth-order valence-corrected chi connectivity index (χ4v) is 5.85. The molecule has 215 valence electrons. The molecular formula is C34H45N2O4. The zero-order chi connectivity index (χ0) is 28.1. The largest absolute Gasteiger partial charge is 0.493 e. The Morgan fingerprint density at radius 2 is 1.90 bits per heavy atom. The van der Waals surface area contributed by atoms with Crippen molar-refractivity contribution in [2.75, 3.05) is 33.4 Å². The molecule has 5 rings (SSSR count). The first-order valence-electron chi connectivity index (χ1n) is 14.8. The van der Waals surface area contributed by atoms with Crippen LogP contribution in [0, 0.1) is 5.92 Å². The van der Waals surface area contributed by atoms with E-state index in [1.165, 1.54) is 29.9 Å². The third-order valence-electron chi connectivity index (χ3n) is 7.93. The Labute approximate surface area is 240 Å². The molecule has 6 nitrogen and oxygen atoms in total. The number of ketones is 1. The average Bonchev–Trinajstić information content (AvgIpc) is 3.55. The molecule has 2 aliphatic heterocycles. The van der Waals surface area contributed by atoms with Crippen molar-refractivity contribution >= 4 is 5.78 Å². The molecule has 2 aromatic rings. The van der Waals surface area contributed by atoms with Crippen LogP contribution in [-0.2, 0) is 4.74 Å². The number of Topliss-reactive ketones (excluding diaryl/α,β-unsaturated/α-hetero) is 1. The number of nitrogens with one attached hydrogen (secondary N) is 1. The lowest BCUT2D eigenvalue weighted by Gasteiger charge is -2.32. The third-order valence-corrected chi connectivity index (χ3v) is 7.93. The van der Waals surface area contributed by atoms with Crippen LogP contribution in [0.3, 0.4) is 0 Å². The smallest absolute Gasteiger partial charge is 0.162 e. The molecular weight excluding hydrogens is 500 g/mol. The molecule has 2 aromatic carbocycles. The van der Waals surface area contributed by atoms with Crippen molar-refractivity contribution in [3.8, 4) is 11.5 Å². The molecule has 2 atom stereocenters. The van der Waals surface area contributed by atoms with Crippen molar-refractivity contribution in [1.82, 2.24) is 10.2 Å². The number of fused-ring (bicyclic) bond motifs is 3. The Hall–Kier alpha value is -3.09. The summed E-state index contributed by atoms with van der Waals surface area (Å²) < 4.78 is 17.9. The lowest BCUT2D eigenvalue weighted by atomic mass is 9.96. The second kappa shape index (κ2) is 13.0. The lowest BCUT2D eigenvalue weighted by molar-refractivity contribution is 0.0584. The van der Waals surface area contributed by atoms with E-state index in [4.69, 9.17) is 14.2 Å². The molecule has 1 aliphatic carbocycles. The summed E-state index contributed by atoms with van der Waals surface area (Å²) in [5.74, 6) is 3.21. The minimum absolute atomic E-state index is 0. The van der Waals surface area contributed by atoms with Gasteiger partial charge in [0.15, 0.2) is 5.78 Å². The second-order valence-corrected chi connectivity index (χ2v) is 11.4. The molecule has 0 saturated carbocycles. The van der Waals surface area contributed by atoms with E-state index in [2.05, 4.69) is 41.1 Å². The van der Waals surface area contributed by atoms with Crippen LogP contribution in [-0.4, -0.2) is 56.2 Å². The molecule has 1 radical (unpaired) electrons. The van der Waals surface area contributed by atoms with E-state index < -0.39 is 0 Å². The van der Waals surface area contributed by atoms with Gasteiger partial charge in [-0.05, 0) is 88.5 Å². The summed E-state index contributed by atoms with van der Waals surface area (Å²) in [4.78, 5) is 15.3. The number of rotatable bonds is 14. The second-order valence-electron chi connectivity index (χ2n) is 11.4. The van der Waals surface area contributed by atoms with Gasteiger partial charge < -0.3 is 24.4 Å². The first-order valence-corrected chi connectivity index (χ1v) is 14.8. The maximum absolute atomic E-state index is 12.8. The number of benzene rings is 2. The van der Waals surface area contributed by atoms with Gasteiger partial charge in [-0.2, -0.15) is 0 Å². The molecule has 1 fully saturated rings. The predicted molar refractivity (Wildman–Crippen MR) is 161 cm³/mol. The Morgan fingerprint density at radius 1 is 1.12 bits per heavy atom. The predicted octanol–water partition coefficient (Wildman–Crippen LogP) is 6.67. The molecule has 2 heterocycles. The Kier molecular flexibility index (Phi) is 9.28. The standard InChI is InChI=1S/C34H43N2O4.H2/c1-23(2)40-28-13-10-25(11-14-28)32(37)9-7-8-24(3)35-31(22-36-17-5-6-18-36)34(38-4)27-12-15-29-30-20-26(30)16-19-39-33(29)21-27;/h10-15,20-21,23,31,34-35H,3,5-9,16-19,22H2,1-2,4H3;1H/t31-,34-;/m1./s1. The summed E-state index contributed by atoms with van der Waals surface area (Å²) in [6.07, 6.45) is 7.61. The monoisotopic (exact) mass is 545 g/mol. The lowest BCUT2D eigenvalue weighted by Crippen LogP contribution is -2.44. The van der Waals surface area contributed by atoms with Gasteiger partial charge in [-0.3, -0.25) is 4.79 Å². The van der Waals surface area contributed by atoms with E-state index in [1.54, 1.807) is 7.11 Å². The van der Waals surface area contributed by atoms with Gasteiger partial charge in [0.1, 0.15) is 17.6 Å². The number of carbonyl (C=O) groups excluding carboxylic acids is 1. The van der Waals surface area contributed by atoms with Gasteiger partial charge in [0.2, 0.25) is 0 Å². The first-order chi connectivity index (χ1) is 19.4. The number of ether oxygens (including phenoxy) is 3. The van der Waals surface area contributed by atoms with Crippen LogP contribution in [0.1, 0.15) is 81.4 Å². The number of methoxy groups -OCH3 is 1. The van der Waals surface area contributed by atoms with Crippen molar-refractivity contribution in [2.24, 2.45) is 0 Å². The number of likely N-dealkylation sites (tertiary alicyclic amines) is 1. The number of allylic oxidation sites excluding steroid dienone is 2. The quantitative estimate of drug-likeness (QED) is 0.268. The van der Waals surface area contributed by atoms with Crippen LogP contribution in [0.2, 0.25) is 0 Å². The Morgan fingerprint density at radius 3 is 2.62 bits per heavy atom.